The van der Waals surface area contributed by atoms with Gasteiger partial charge in [0, 0.05) is 6.04 Å². The Morgan fingerprint density at radius 2 is 1.92 bits per heavy atom. The van der Waals surface area contributed by atoms with E-state index in [1.807, 2.05) is 13.8 Å². The fraction of sp³-hybridized carbons (Fsp3) is 0.857. The molecule has 0 bridgehead atoms. The zero-order chi connectivity index (χ0) is 9.78. The van der Waals surface area contributed by atoms with Crippen molar-refractivity contribution >= 4 is 5.84 Å². The Morgan fingerprint density at radius 1 is 1.42 bits per heavy atom. The second-order valence-corrected chi connectivity index (χ2v) is 2.82. The average Bonchev–Trinajstić information content (AvgIpc) is 1.80. The van der Waals surface area contributed by atoms with Crippen LogP contribution in [0, 0.1) is 0 Å². The highest BCUT2D eigenvalue weighted by Gasteiger charge is 2.26. The molecule has 0 saturated carbocycles. The number of nitrogens with one attached hydrogen (secondary N) is 1. The minimum atomic E-state index is -4.21. The number of amidine groups is 1. The zero-order valence-electron chi connectivity index (χ0n) is 7.37. The van der Waals surface area contributed by atoms with E-state index in [1.165, 1.54) is 6.92 Å². The predicted molar refractivity (Wildman–Crippen MR) is 42.3 cm³/mol. The van der Waals surface area contributed by atoms with Crippen LogP contribution in [-0.4, -0.2) is 24.6 Å². The number of hydrogen-bond acceptors (Lipinski definition) is 1. The first-order valence-corrected chi connectivity index (χ1v) is 3.65. The third-order valence-electron chi connectivity index (χ3n) is 0.993. The quantitative estimate of drug-likeness (QED) is 0.512. The molecule has 2 nitrogen and oxygen atoms in total. The molecule has 0 rings (SSSR count). The number of hydrogen-bond donors (Lipinski definition) is 1. The molecule has 1 N–H and O–H groups in total. The molecule has 12 heavy (non-hydrogen) atoms. The summed E-state index contributed by atoms with van der Waals surface area (Å²) in [4.78, 5) is 3.32. The first-order chi connectivity index (χ1) is 5.31. The molecule has 0 spiro atoms. The molecule has 0 fully saturated rings. The van der Waals surface area contributed by atoms with Gasteiger partial charge in [-0.05, 0) is 20.8 Å². The van der Waals surface area contributed by atoms with Crippen molar-refractivity contribution in [3.8, 4) is 0 Å². The van der Waals surface area contributed by atoms with Gasteiger partial charge >= 0.3 is 6.18 Å². The Balaban J connectivity index is 3.85. The van der Waals surface area contributed by atoms with E-state index in [0.717, 1.165) is 0 Å². The van der Waals surface area contributed by atoms with Gasteiger partial charge < -0.3 is 5.32 Å². The molecule has 0 aromatic carbocycles. The van der Waals surface area contributed by atoms with E-state index in [2.05, 4.69) is 10.3 Å². The van der Waals surface area contributed by atoms with Gasteiger partial charge in [0.05, 0.1) is 5.84 Å². The third-order valence-corrected chi connectivity index (χ3v) is 0.993. The van der Waals surface area contributed by atoms with E-state index < -0.39 is 12.7 Å². The molecule has 0 heterocycles. The van der Waals surface area contributed by atoms with Crippen LogP contribution in [0.1, 0.15) is 20.8 Å². The second kappa shape index (κ2) is 4.33. The van der Waals surface area contributed by atoms with Crippen molar-refractivity contribution in [1.82, 2.24) is 5.32 Å². The maximum atomic E-state index is 11.6. The monoisotopic (exact) mass is 182 g/mol. The molecule has 0 aliphatic rings. The molecule has 0 aromatic rings. The molecular weight excluding hydrogens is 169 g/mol. The van der Waals surface area contributed by atoms with Crippen LogP contribution >= 0.6 is 0 Å². The highest BCUT2D eigenvalue weighted by Crippen LogP contribution is 2.14. The fourth-order valence-electron chi connectivity index (χ4n) is 0.672. The smallest absolute Gasteiger partial charge is 0.372 e. The van der Waals surface area contributed by atoms with Gasteiger partial charge in [-0.1, -0.05) is 0 Å². The number of nitrogens with zero attached hydrogens (tertiary/aromatic N) is 1. The van der Waals surface area contributed by atoms with E-state index in [-0.39, 0.29) is 6.04 Å². The molecule has 0 saturated heterocycles. The Labute approximate surface area is 69.9 Å². The summed E-state index contributed by atoms with van der Waals surface area (Å²) >= 11 is 0. The van der Waals surface area contributed by atoms with Crippen LogP contribution in [0.25, 0.3) is 0 Å². The van der Waals surface area contributed by atoms with Gasteiger partial charge in [0.15, 0.2) is 0 Å². The third kappa shape index (κ3) is 7.37. The summed E-state index contributed by atoms with van der Waals surface area (Å²) in [7, 11) is 0. The van der Waals surface area contributed by atoms with Crippen molar-refractivity contribution in [2.24, 2.45) is 4.99 Å². The Bertz CT molecular complexity index is 161. The number of halogens is 3. The minimum Gasteiger partial charge on any atom is -0.372 e. The highest BCUT2D eigenvalue weighted by molar-refractivity contribution is 5.79. The van der Waals surface area contributed by atoms with Crippen molar-refractivity contribution in [3.05, 3.63) is 0 Å². The summed E-state index contributed by atoms with van der Waals surface area (Å²) in [6.07, 6.45) is -4.21. The summed E-state index contributed by atoms with van der Waals surface area (Å²) in [6.45, 7) is 4.09. The maximum Gasteiger partial charge on any atom is 0.408 e. The van der Waals surface area contributed by atoms with Gasteiger partial charge in [-0.15, -0.1) is 0 Å². The molecular formula is C7H13F3N2. The Hall–Kier alpha value is -0.740. The second-order valence-electron chi connectivity index (χ2n) is 2.82. The molecule has 0 amide bonds. The van der Waals surface area contributed by atoms with Crippen LogP contribution in [0.15, 0.2) is 4.99 Å². The molecule has 0 aliphatic heterocycles. The van der Waals surface area contributed by atoms with Gasteiger partial charge in [0.25, 0.3) is 0 Å². The van der Waals surface area contributed by atoms with Crippen LogP contribution in [0.2, 0.25) is 0 Å². The standard InChI is InChI=1S/C7H13F3N2/c1-5(2)12-6(3)11-4-7(8,9)10/h5H,4H2,1-3H3,(H,11,12). The lowest BCUT2D eigenvalue weighted by atomic mass is 10.4. The fourth-order valence-corrected chi connectivity index (χ4v) is 0.672. The molecule has 0 radical (unpaired) electrons. The summed E-state index contributed by atoms with van der Waals surface area (Å²) < 4.78 is 34.9. The lowest BCUT2D eigenvalue weighted by Gasteiger charge is -2.09. The van der Waals surface area contributed by atoms with Crippen LogP contribution in [0.5, 0.6) is 0 Å². The van der Waals surface area contributed by atoms with Crippen molar-refractivity contribution in [2.75, 3.05) is 6.54 Å². The van der Waals surface area contributed by atoms with Gasteiger partial charge in [-0.3, -0.25) is 4.99 Å². The number of rotatable bonds is 2. The largest absolute Gasteiger partial charge is 0.408 e. The molecule has 5 heteroatoms. The highest BCUT2D eigenvalue weighted by atomic mass is 19.4. The summed E-state index contributed by atoms with van der Waals surface area (Å²) in [5.74, 6) is 0.322. The average molecular weight is 182 g/mol. The summed E-state index contributed by atoms with van der Waals surface area (Å²) in [5.41, 5.74) is 0. The van der Waals surface area contributed by atoms with Crippen LogP contribution < -0.4 is 5.32 Å². The van der Waals surface area contributed by atoms with Gasteiger partial charge in [-0.2, -0.15) is 13.2 Å². The van der Waals surface area contributed by atoms with Crippen LogP contribution in [0.4, 0.5) is 13.2 Å². The van der Waals surface area contributed by atoms with Gasteiger partial charge in [0.1, 0.15) is 6.54 Å². The first kappa shape index (κ1) is 11.3. The van der Waals surface area contributed by atoms with E-state index in [9.17, 15) is 13.2 Å². The lowest BCUT2D eigenvalue weighted by Crippen LogP contribution is -2.29. The van der Waals surface area contributed by atoms with E-state index in [4.69, 9.17) is 0 Å². The van der Waals surface area contributed by atoms with Gasteiger partial charge in [0.2, 0.25) is 0 Å². The SMILES string of the molecule is CC(=NCC(F)(F)F)NC(C)C. The van der Waals surface area contributed by atoms with Gasteiger partial charge in [-0.25, -0.2) is 0 Å². The molecule has 0 atom stereocenters. The summed E-state index contributed by atoms with van der Waals surface area (Å²) in [6, 6.07) is 0.113. The number of aliphatic imine (C=N–C) groups is 1. The van der Waals surface area contributed by atoms with E-state index >= 15 is 0 Å². The number of alkyl halides is 3. The molecule has 0 unspecified atom stereocenters. The summed E-state index contributed by atoms with van der Waals surface area (Å²) in [5, 5.41) is 2.77. The molecule has 0 aromatic heterocycles. The van der Waals surface area contributed by atoms with Crippen molar-refractivity contribution in [2.45, 2.75) is 33.0 Å². The first-order valence-electron chi connectivity index (χ1n) is 3.65. The van der Waals surface area contributed by atoms with Crippen molar-refractivity contribution in [3.63, 3.8) is 0 Å². The van der Waals surface area contributed by atoms with Crippen LogP contribution in [-0.2, 0) is 0 Å². The lowest BCUT2D eigenvalue weighted by molar-refractivity contribution is -0.118. The van der Waals surface area contributed by atoms with E-state index in [1.54, 1.807) is 0 Å². The topological polar surface area (TPSA) is 24.4 Å². The Kier molecular flexibility index (Phi) is 4.06. The van der Waals surface area contributed by atoms with Crippen molar-refractivity contribution < 1.29 is 13.2 Å². The van der Waals surface area contributed by atoms with E-state index in [0.29, 0.717) is 5.84 Å². The minimum absolute atomic E-state index is 0.113. The Morgan fingerprint density at radius 3 is 2.25 bits per heavy atom. The van der Waals surface area contributed by atoms with Crippen molar-refractivity contribution in [1.29, 1.82) is 0 Å². The molecule has 72 valence electrons. The normalized spacial score (nSPS) is 13.8. The van der Waals surface area contributed by atoms with Crippen LogP contribution in [0.3, 0.4) is 0 Å². The zero-order valence-corrected chi connectivity index (χ0v) is 7.37. The molecule has 0 aliphatic carbocycles. The maximum absolute atomic E-state index is 11.6. The predicted octanol–water partition coefficient (Wildman–Crippen LogP) is 1.97.